The summed E-state index contributed by atoms with van der Waals surface area (Å²) in [5.41, 5.74) is 0.826. The number of ether oxygens (including phenoxy) is 2. The van der Waals surface area contributed by atoms with Gasteiger partial charge in [-0.1, -0.05) is 11.6 Å². The fourth-order valence-electron chi connectivity index (χ4n) is 1.30. The van der Waals surface area contributed by atoms with Crippen LogP contribution in [0.2, 0.25) is 5.02 Å². The minimum absolute atomic E-state index is 0.000503. The van der Waals surface area contributed by atoms with Crippen molar-refractivity contribution in [2.45, 2.75) is 26.7 Å². The molecule has 4 nitrogen and oxygen atoms in total. The van der Waals surface area contributed by atoms with Crippen LogP contribution in [-0.2, 0) is 14.3 Å². The molecular formula is C13H15ClO4. The highest BCUT2D eigenvalue weighted by Gasteiger charge is 2.10. The lowest BCUT2D eigenvalue weighted by Crippen LogP contribution is -2.12. The molecule has 0 heterocycles. The van der Waals surface area contributed by atoms with E-state index in [1.54, 1.807) is 25.1 Å². The molecule has 0 atom stereocenters. The van der Waals surface area contributed by atoms with Crippen LogP contribution in [-0.4, -0.2) is 18.5 Å². The highest BCUT2D eigenvalue weighted by molar-refractivity contribution is 6.31. The molecule has 0 unspecified atom stereocenters. The van der Waals surface area contributed by atoms with Crippen molar-refractivity contribution in [3.8, 4) is 5.75 Å². The molecule has 1 rings (SSSR count). The first-order valence-corrected chi connectivity index (χ1v) is 6.03. The SMILES string of the molecule is CCOC(=O)CCC(=O)Oc1ccc(Cl)c(C)c1. The average Bonchev–Trinajstić information content (AvgIpc) is 2.32. The van der Waals surface area contributed by atoms with Gasteiger partial charge in [0, 0.05) is 5.02 Å². The van der Waals surface area contributed by atoms with Gasteiger partial charge in [0.2, 0.25) is 0 Å². The van der Waals surface area contributed by atoms with E-state index >= 15 is 0 Å². The molecule has 0 aliphatic heterocycles. The molecule has 0 amide bonds. The molecule has 0 radical (unpaired) electrons. The second-order valence-corrected chi connectivity index (χ2v) is 4.10. The van der Waals surface area contributed by atoms with Crippen molar-refractivity contribution in [1.82, 2.24) is 0 Å². The number of halogens is 1. The molecule has 0 bridgehead atoms. The van der Waals surface area contributed by atoms with Crippen LogP contribution in [0.25, 0.3) is 0 Å². The fraction of sp³-hybridized carbons (Fsp3) is 0.385. The van der Waals surface area contributed by atoms with E-state index in [1.165, 1.54) is 0 Å². The van der Waals surface area contributed by atoms with Crippen LogP contribution in [0.1, 0.15) is 25.3 Å². The molecule has 0 N–H and O–H groups in total. The van der Waals surface area contributed by atoms with Crippen LogP contribution in [0.5, 0.6) is 5.75 Å². The highest BCUT2D eigenvalue weighted by Crippen LogP contribution is 2.21. The Kier molecular flexibility index (Phi) is 5.65. The second-order valence-electron chi connectivity index (χ2n) is 3.69. The highest BCUT2D eigenvalue weighted by atomic mass is 35.5. The van der Waals surface area contributed by atoms with Gasteiger partial charge in [-0.2, -0.15) is 0 Å². The van der Waals surface area contributed by atoms with Crippen molar-refractivity contribution in [2.24, 2.45) is 0 Å². The molecule has 0 saturated carbocycles. The van der Waals surface area contributed by atoms with Gasteiger partial charge in [0.25, 0.3) is 0 Å². The quantitative estimate of drug-likeness (QED) is 0.610. The minimum Gasteiger partial charge on any atom is -0.466 e. The van der Waals surface area contributed by atoms with Gasteiger partial charge in [0.15, 0.2) is 0 Å². The molecule has 0 spiro atoms. The van der Waals surface area contributed by atoms with E-state index in [4.69, 9.17) is 21.1 Å². The van der Waals surface area contributed by atoms with E-state index in [0.29, 0.717) is 17.4 Å². The molecule has 0 fully saturated rings. The Morgan fingerprint density at radius 3 is 2.50 bits per heavy atom. The first-order chi connectivity index (χ1) is 8.52. The van der Waals surface area contributed by atoms with Crippen molar-refractivity contribution < 1.29 is 19.1 Å². The standard InChI is InChI=1S/C13H15ClO4/c1-3-17-12(15)6-7-13(16)18-10-4-5-11(14)9(2)8-10/h4-5,8H,3,6-7H2,1-2H3. The molecule has 0 aromatic heterocycles. The van der Waals surface area contributed by atoms with Crippen LogP contribution in [0.3, 0.4) is 0 Å². The van der Waals surface area contributed by atoms with Gasteiger partial charge in [-0.05, 0) is 37.6 Å². The van der Waals surface area contributed by atoms with Crippen molar-refractivity contribution in [3.05, 3.63) is 28.8 Å². The monoisotopic (exact) mass is 270 g/mol. The Morgan fingerprint density at radius 1 is 1.22 bits per heavy atom. The van der Waals surface area contributed by atoms with E-state index in [1.807, 2.05) is 6.92 Å². The fourth-order valence-corrected chi connectivity index (χ4v) is 1.42. The molecular weight excluding hydrogens is 256 g/mol. The van der Waals surface area contributed by atoms with Crippen LogP contribution in [0.15, 0.2) is 18.2 Å². The molecule has 98 valence electrons. The number of esters is 2. The van der Waals surface area contributed by atoms with Crippen LogP contribution in [0, 0.1) is 6.92 Å². The summed E-state index contributed by atoms with van der Waals surface area (Å²) in [7, 11) is 0. The number of carbonyl (C=O) groups is 2. The summed E-state index contributed by atoms with van der Waals surface area (Å²) in [6, 6.07) is 4.94. The summed E-state index contributed by atoms with van der Waals surface area (Å²) in [6.45, 7) is 3.84. The van der Waals surface area contributed by atoms with Gasteiger partial charge in [-0.15, -0.1) is 0 Å². The molecule has 1 aromatic carbocycles. The summed E-state index contributed by atoms with van der Waals surface area (Å²) in [5.74, 6) is -0.447. The first kappa shape index (κ1) is 14.5. The number of rotatable bonds is 5. The third kappa shape index (κ3) is 4.75. The van der Waals surface area contributed by atoms with Gasteiger partial charge in [-0.25, -0.2) is 0 Å². The maximum Gasteiger partial charge on any atom is 0.311 e. The average molecular weight is 271 g/mol. The largest absolute Gasteiger partial charge is 0.466 e. The Labute approximate surface area is 111 Å². The van der Waals surface area contributed by atoms with Gasteiger partial charge < -0.3 is 9.47 Å². The predicted molar refractivity (Wildman–Crippen MR) is 67.7 cm³/mol. The lowest BCUT2D eigenvalue weighted by Gasteiger charge is -2.06. The Bertz CT molecular complexity index is 443. The number of aryl methyl sites for hydroxylation is 1. The zero-order valence-corrected chi connectivity index (χ0v) is 11.1. The maximum absolute atomic E-state index is 11.5. The smallest absolute Gasteiger partial charge is 0.311 e. The zero-order chi connectivity index (χ0) is 13.5. The Morgan fingerprint density at radius 2 is 1.89 bits per heavy atom. The third-order valence-corrected chi connectivity index (χ3v) is 2.62. The minimum atomic E-state index is -0.468. The van der Waals surface area contributed by atoms with Gasteiger partial charge in [0.1, 0.15) is 5.75 Å². The van der Waals surface area contributed by atoms with Crippen LogP contribution < -0.4 is 4.74 Å². The predicted octanol–water partition coefficient (Wildman–Crippen LogP) is 2.90. The van der Waals surface area contributed by atoms with Crippen molar-refractivity contribution in [2.75, 3.05) is 6.61 Å². The summed E-state index contributed by atoms with van der Waals surface area (Å²) in [5, 5.41) is 0.612. The van der Waals surface area contributed by atoms with Crippen molar-refractivity contribution in [1.29, 1.82) is 0 Å². The molecule has 0 saturated heterocycles. The first-order valence-electron chi connectivity index (χ1n) is 5.65. The van der Waals surface area contributed by atoms with Crippen molar-refractivity contribution >= 4 is 23.5 Å². The van der Waals surface area contributed by atoms with Gasteiger partial charge >= 0.3 is 11.9 Å². The van der Waals surface area contributed by atoms with Gasteiger partial charge in [0.05, 0.1) is 19.4 Å². The van der Waals surface area contributed by atoms with E-state index < -0.39 is 11.9 Å². The lowest BCUT2D eigenvalue weighted by molar-refractivity contribution is -0.146. The van der Waals surface area contributed by atoms with E-state index in [0.717, 1.165) is 5.56 Å². The summed E-state index contributed by atoms with van der Waals surface area (Å²) in [4.78, 5) is 22.5. The van der Waals surface area contributed by atoms with Gasteiger partial charge in [-0.3, -0.25) is 9.59 Å². The number of hydrogen-bond acceptors (Lipinski definition) is 4. The number of benzene rings is 1. The molecule has 0 aliphatic rings. The maximum atomic E-state index is 11.5. The summed E-state index contributed by atoms with van der Waals surface area (Å²) >= 11 is 5.85. The molecule has 18 heavy (non-hydrogen) atoms. The number of hydrogen-bond donors (Lipinski definition) is 0. The zero-order valence-electron chi connectivity index (χ0n) is 10.4. The second kappa shape index (κ2) is 7.01. The molecule has 5 heteroatoms. The summed E-state index contributed by atoms with van der Waals surface area (Å²) in [6.07, 6.45) is 0.0275. The number of carbonyl (C=O) groups excluding carboxylic acids is 2. The van der Waals surface area contributed by atoms with Crippen LogP contribution >= 0.6 is 11.6 Å². The summed E-state index contributed by atoms with van der Waals surface area (Å²) < 4.78 is 9.79. The van der Waals surface area contributed by atoms with Crippen LogP contribution in [0.4, 0.5) is 0 Å². The molecule has 0 aliphatic carbocycles. The van der Waals surface area contributed by atoms with E-state index in [-0.39, 0.29) is 12.8 Å². The topological polar surface area (TPSA) is 52.6 Å². The van der Waals surface area contributed by atoms with E-state index in [9.17, 15) is 9.59 Å². The normalized spacial score (nSPS) is 9.94. The Hall–Kier alpha value is -1.55. The van der Waals surface area contributed by atoms with E-state index in [2.05, 4.69) is 0 Å². The van der Waals surface area contributed by atoms with Crippen molar-refractivity contribution in [3.63, 3.8) is 0 Å². The molecule has 1 aromatic rings. The lowest BCUT2D eigenvalue weighted by atomic mass is 10.2. The Balaban J connectivity index is 2.44. The third-order valence-electron chi connectivity index (χ3n) is 2.20.